The van der Waals surface area contributed by atoms with E-state index in [0.717, 1.165) is 13.0 Å². The minimum atomic E-state index is -0.125. The first kappa shape index (κ1) is 19.5. The maximum atomic E-state index is 12.9. The summed E-state index contributed by atoms with van der Waals surface area (Å²) >= 11 is 0. The summed E-state index contributed by atoms with van der Waals surface area (Å²) in [4.78, 5) is 29.3. The number of nitrogens with one attached hydrogen (secondary N) is 1. The molecular weight excluding hydrogens is 346 g/mol. The molecule has 1 aromatic rings. The summed E-state index contributed by atoms with van der Waals surface area (Å²) in [5.74, 6) is 1.20. The number of amides is 2. The van der Waals surface area contributed by atoms with Crippen LogP contribution in [0.5, 0.6) is 11.5 Å². The van der Waals surface area contributed by atoms with E-state index in [1.807, 2.05) is 25.8 Å². The molecule has 0 aromatic heterocycles. The Kier molecular flexibility index (Phi) is 5.33. The molecule has 1 N–H and O–H groups in total. The van der Waals surface area contributed by atoms with Crippen LogP contribution in [0.15, 0.2) is 18.2 Å². The zero-order valence-corrected chi connectivity index (χ0v) is 16.7. The minimum Gasteiger partial charge on any atom is -0.497 e. The van der Waals surface area contributed by atoms with E-state index in [0.29, 0.717) is 30.2 Å². The monoisotopic (exact) mass is 375 g/mol. The summed E-state index contributed by atoms with van der Waals surface area (Å²) < 4.78 is 10.6. The lowest BCUT2D eigenvalue weighted by atomic mass is 9.77. The molecule has 1 spiro atoms. The molecular formula is C20H29N3O4. The quantitative estimate of drug-likeness (QED) is 0.842. The zero-order chi connectivity index (χ0) is 19.8. The van der Waals surface area contributed by atoms with Gasteiger partial charge in [0.1, 0.15) is 11.5 Å². The molecule has 7 heteroatoms. The molecule has 2 amide bonds. The number of benzene rings is 1. The van der Waals surface area contributed by atoms with E-state index in [4.69, 9.17) is 9.47 Å². The molecule has 7 nitrogen and oxygen atoms in total. The van der Waals surface area contributed by atoms with Crippen LogP contribution in [-0.2, 0) is 4.79 Å². The predicted octanol–water partition coefficient (Wildman–Crippen LogP) is 1.37. The molecule has 2 aliphatic rings. The number of hydrogen-bond donors (Lipinski definition) is 1. The van der Waals surface area contributed by atoms with Crippen molar-refractivity contribution in [1.82, 2.24) is 15.1 Å². The van der Waals surface area contributed by atoms with Crippen LogP contribution in [0.25, 0.3) is 0 Å². The summed E-state index contributed by atoms with van der Waals surface area (Å²) in [6.45, 7) is 6.09. The van der Waals surface area contributed by atoms with Crippen LogP contribution < -0.4 is 14.8 Å². The molecule has 2 aliphatic heterocycles. The van der Waals surface area contributed by atoms with Crippen molar-refractivity contribution in [3.63, 3.8) is 0 Å². The third-order valence-corrected chi connectivity index (χ3v) is 5.46. The first-order valence-corrected chi connectivity index (χ1v) is 9.30. The molecule has 1 unspecified atom stereocenters. The van der Waals surface area contributed by atoms with Crippen molar-refractivity contribution >= 4 is 11.8 Å². The Labute approximate surface area is 160 Å². The van der Waals surface area contributed by atoms with Gasteiger partial charge in [-0.05, 0) is 39.4 Å². The van der Waals surface area contributed by atoms with Crippen LogP contribution in [0.1, 0.15) is 30.6 Å². The third-order valence-electron chi connectivity index (χ3n) is 5.46. The first-order chi connectivity index (χ1) is 12.8. The first-order valence-electron chi connectivity index (χ1n) is 9.30. The molecule has 2 saturated heterocycles. The number of carbonyl (C=O) groups is 2. The highest BCUT2D eigenvalue weighted by Gasteiger charge is 2.53. The molecule has 1 aromatic carbocycles. The van der Waals surface area contributed by atoms with E-state index in [1.165, 1.54) is 0 Å². The summed E-state index contributed by atoms with van der Waals surface area (Å²) in [6, 6.07) is 5.23. The van der Waals surface area contributed by atoms with E-state index in [-0.39, 0.29) is 29.3 Å². The van der Waals surface area contributed by atoms with E-state index < -0.39 is 0 Å². The highest BCUT2D eigenvalue weighted by atomic mass is 16.5. The fourth-order valence-electron chi connectivity index (χ4n) is 4.23. The van der Waals surface area contributed by atoms with Gasteiger partial charge in [0.15, 0.2) is 0 Å². The van der Waals surface area contributed by atoms with Gasteiger partial charge in [-0.1, -0.05) is 0 Å². The van der Waals surface area contributed by atoms with E-state index in [9.17, 15) is 9.59 Å². The predicted molar refractivity (Wildman–Crippen MR) is 102 cm³/mol. The topological polar surface area (TPSA) is 71.1 Å². The number of ether oxygens (including phenoxy) is 2. The lowest BCUT2D eigenvalue weighted by molar-refractivity contribution is -0.125. The molecule has 148 valence electrons. The third kappa shape index (κ3) is 3.74. The van der Waals surface area contributed by atoms with E-state index >= 15 is 0 Å². The largest absolute Gasteiger partial charge is 0.497 e. The maximum Gasteiger partial charge on any atom is 0.257 e. The van der Waals surface area contributed by atoms with Crippen molar-refractivity contribution in [3.8, 4) is 11.5 Å². The average Bonchev–Trinajstić information content (AvgIpc) is 2.96. The van der Waals surface area contributed by atoms with Gasteiger partial charge in [-0.15, -0.1) is 0 Å². The molecule has 0 saturated carbocycles. The van der Waals surface area contributed by atoms with E-state index in [1.54, 1.807) is 32.4 Å². The van der Waals surface area contributed by atoms with Crippen LogP contribution in [0.3, 0.4) is 0 Å². The van der Waals surface area contributed by atoms with Crippen LogP contribution in [-0.4, -0.2) is 74.6 Å². The second-order valence-corrected chi connectivity index (χ2v) is 8.03. The fraction of sp³-hybridized carbons (Fsp3) is 0.600. The fourth-order valence-corrected chi connectivity index (χ4v) is 4.23. The summed E-state index contributed by atoms with van der Waals surface area (Å²) in [5, 5.41) is 3.00. The van der Waals surface area contributed by atoms with Gasteiger partial charge in [0, 0.05) is 37.2 Å². The van der Waals surface area contributed by atoms with Crippen LogP contribution in [0.4, 0.5) is 0 Å². The Morgan fingerprint density at radius 3 is 2.48 bits per heavy atom. The van der Waals surface area contributed by atoms with Gasteiger partial charge in [-0.2, -0.15) is 0 Å². The average molecular weight is 375 g/mol. The summed E-state index contributed by atoms with van der Waals surface area (Å²) in [6.07, 6.45) is 0.783. The van der Waals surface area contributed by atoms with Crippen LogP contribution >= 0.6 is 0 Å². The Morgan fingerprint density at radius 2 is 1.89 bits per heavy atom. The zero-order valence-electron chi connectivity index (χ0n) is 16.7. The van der Waals surface area contributed by atoms with Crippen LogP contribution in [0, 0.1) is 5.41 Å². The lowest BCUT2D eigenvalue weighted by Gasteiger charge is -2.48. The number of likely N-dealkylation sites (tertiary alicyclic amines) is 2. The normalized spacial score (nSPS) is 21.3. The van der Waals surface area contributed by atoms with Crippen molar-refractivity contribution < 1.29 is 19.1 Å². The second-order valence-electron chi connectivity index (χ2n) is 8.03. The molecule has 0 radical (unpaired) electrons. The van der Waals surface area contributed by atoms with Gasteiger partial charge in [0.2, 0.25) is 5.91 Å². The van der Waals surface area contributed by atoms with Gasteiger partial charge in [0.25, 0.3) is 5.91 Å². The Morgan fingerprint density at radius 1 is 1.19 bits per heavy atom. The molecule has 27 heavy (non-hydrogen) atoms. The van der Waals surface area contributed by atoms with Crippen molar-refractivity contribution in [3.05, 3.63) is 23.8 Å². The highest BCUT2D eigenvalue weighted by Crippen LogP contribution is 2.43. The van der Waals surface area contributed by atoms with E-state index in [2.05, 4.69) is 10.2 Å². The maximum absolute atomic E-state index is 12.9. The Bertz CT molecular complexity index is 728. The lowest BCUT2D eigenvalue weighted by Crippen LogP contribution is -2.59. The van der Waals surface area contributed by atoms with Crippen LogP contribution in [0.2, 0.25) is 0 Å². The van der Waals surface area contributed by atoms with Gasteiger partial charge in [-0.25, -0.2) is 0 Å². The van der Waals surface area contributed by atoms with Crippen molar-refractivity contribution in [2.45, 2.75) is 32.4 Å². The summed E-state index contributed by atoms with van der Waals surface area (Å²) in [5.41, 5.74) is 0.539. The number of nitrogens with zero attached hydrogens (tertiary/aromatic N) is 2. The molecule has 2 fully saturated rings. The van der Waals surface area contributed by atoms with Gasteiger partial charge < -0.3 is 19.7 Å². The van der Waals surface area contributed by atoms with Crippen molar-refractivity contribution in [2.24, 2.45) is 5.41 Å². The smallest absolute Gasteiger partial charge is 0.257 e. The molecule has 3 rings (SSSR count). The number of hydrogen-bond acceptors (Lipinski definition) is 5. The Hall–Kier alpha value is -2.28. The second kappa shape index (κ2) is 7.38. The highest BCUT2D eigenvalue weighted by molar-refractivity contribution is 5.97. The SMILES string of the molecule is COc1ccc(C(=O)N2CC3(CC(C(=O)NC(C)C)N(C)C3)C2)c(OC)c1. The number of rotatable bonds is 5. The molecule has 2 heterocycles. The Balaban J connectivity index is 1.65. The number of carbonyl (C=O) groups excluding carboxylic acids is 2. The molecule has 0 bridgehead atoms. The molecule has 1 atom stereocenters. The number of likely N-dealkylation sites (N-methyl/N-ethyl adjacent to an activating group) is 1. The number of methoxy groups -OCH3 is 2. The molecule has 0 aliphatic carbocycles. The van der Waals surface area contributed by atoms with Crippen molar-refractivity contribution in [2.75, 3.05) is 40.9 Å². The van der Waals surface area contributed by atoms with Gasteiger partial charge in [0.05, 0.1) is 25.8 Å². The van der Waals surface area contributed by atoms with Gasteiger partial charge >= 0.3 is 0 Å². The standard InChI is InChI=1S/C20H29N3O4/c1-13(2)21-18(24)16-9-20(10-22(16)3)11-23(12-20)19(25)15-7-6-14(26-4)8-17(15)27-5/h6-8,13,16H,9-12H2,1-5H3,(H,21,24). The van der Waals surface area contributed by atoms with Gasteiger partial charge in [-0.3, -0.25) is 14.5 Å². The summed E-state index contributed by atoms with van der Waals surface area (Å²) in [7, 11) is 5.11. The van der Waals surface area contributed by atoms with Crippen molar-refractivity contribution in [1.29, 1.82) is 0 Å². The minimum absolute atomic E-state index is 0.00308.